The van der Waals surface area contributed by atoms with Crippen molar-refractivity contribution in [2.45, 2.75) is 39.2 Å². The number of carbonyl (C=O) groups is 1. The number of aryl methyl sites for hydroxylation is 3. The maximum Gasteiger partial charge on any atom is 0.258 e. The molecule has 2 aromatic heterocycles. The van der Waals surface area contributed by atoms with Crippen LogP contribution in [0.3, 0.4) is 0 Å². The van der Waals surface area contributed by atoms with Crippen LogP contribution in [0.5, 0.6) is 0 Å². The van der Waals surface area contributed by atoms with Gasteiger partial charge in [0.15, 0.2) is 0 Å². The molecule has 0 aliphatic heterocycles. The molecule has 0 atom stereocenters. The number of hydrogen-bond donors (Lipinski definition) is 3. The van der Waals surface area contributed by atoms with Crippen LogP contribution in [0.25, 0.3) is 10.8 Å². The molecule has 182 valence electrons. The van der Waals surface area contributed by atoms with Gasteiger partial charge in [0.1, 0.15) is 12.2 Å². The second kappa shape index (κ2) is 10.4. The minimum Gasteiger partial charge on any atom is -0.340 e. The normalized spacial score (nSPS) is 13.1. The summed E-state index contributed by atoms with van der Waals surface area (Å²) in [5.41, 5.74) is 12.4. The number of aromatic nitrogens is 1. The van der Waals surface area contributed by atoms with Crippen molar-refractivity contribution in [2.75, 3.05) is 10.6 Å². The van der Waals surface area contributed by atoms with Crippen LogP contribution in [0.4, 0.5) is 22.9 Å². The molecule has 8 heteroatoms. The van der Waals surface area contributed by atoms with Gasteiger partial charge in [0.05, 0.1) is 16.9 Å². The Hall–Kier alpha value is -3.88. The predicted molar refractivity (Wildman–Crippen MR) is 151 cm³/mol. The molecule has 2 aromatic carbocycles. The van der Waals surface area contributed by atoms with Crippen LogP contribution in [0.2, 0.25) is 0 Å². The molecule has 5 rings (SSSR count). The van der Waals surface area contributed by atoms with E-state index in [9.17, 15) is 4.79 Å². The number of fused-ring (bicyclic) bond motifs is 2. The standard InChI is InChI=1S/C28H28N6OS/c1-17-7-10-22-21(25(17)34-28(35)23-15-36-24(14-29)26(23)32-16-30-2)11-12-31-27(22)33-20-9-8-18-5-3-4-6-19(18)13-20/h7-13,15-16H,2-6,14,29H2,1H3,(H,31,33)(H,34,35). The molecule has 0 spiro atoms. The number of nitrogens with two attached hydrogens (primary N) is 1. The lowest BCUT2D eigenvalue weighted by molar-refractivity contribution is 0.102. The fraction of sp³-hybridized carbons (Fsp3) is 0.214. The van der Waals surface area contributed by atoms with Crippen molar-refractivity contribution in [2.24, 2.45) is 15.7 Å². The third kappa shape index (κ3) is 4.65. The SMILES string of the molecule is C=NC=Nc1c(C(=O)Nc2c(C)ccc3c(Nc4ccc5c(c4)CCCC5)nccc23)csc1CN. The van der Waals surface area contributed by atoms with Crippen LogP contribution in [0, 0.1) is 6.92 Å². The molecule has 1 aliphatic rings. The Balaban J connectivity index is 1.48. The highest BCUT2D eigenvalue weighted by molar-refractivity contribution is 7.10. The van der Waals surface area contributed by atoms with E-state index in [0.717, 1.165) is 51.2 Å². The minimum atomic E-state index is -0.251. The first kappa shape index (κ1) is 23.8. The van der Waals surface area contributed by atoms with Gasteiger partial charge in [0.25, 0.3) is 5.91 Å². The third-order valence-corrected chi connectivity index (χ3v) is 7.54. The summed E-state index contributed by atoms with van der Waals surface area (Å²) in [5, 5.41) is 10.2. The highest BCUT2D eigenvalue weighted by Crippen LogP contribution is 2.35. The van der Waals surface area contributed by atoms with Crippen molar-refractivity contribution in [3.05, 3.63) is 75.1 Å². The van der Waals surface area contributed by atoms with Crippen molar-refractivity contribution in [3.8, 4) is 0 Å². The topological polar surface area (TPSA) is 105 Å². The van der Waals surface area contributed by atoms with Gasteiger partial charge in [-0.3, -0.25) is 9.79 Å². The summed E-state index contributed by atoms with van der Waals surface area (Å²) >= 11 is 1.40. The largest absolute Gasteiger partial charge is 0.340 e. The number of anilines is 3. The molecule has 7 nitrogen and oxygen atoms in total. The average Bonchev–Trinajstić information content (AvgIpc) is 3.32. The number of pyridine rings is 1. The molecule has 1 aliphatic carbocycles. The number of thiophene rings is 1. The Morgan fingerprint density at radius 3 is 2.81 bits per heavy atom. The van der Waals surface area contributed by atoms with E-state index in [4.69, 9.17) is 5.73 Å². The van der Waals surface area contributed by atoms with Gasteiger partial charge in [-0.1, -0.05) is 18.2 Å². The lowest BCUT2D eigenvalue weighted by atomic mass is 9.91. The number of nitrogens with one attached hydrogen (secondary N) is 2. The Morgan fingerprint density at radius 1 is 1.17 bits per heavy atom. The zero-order chi connectivity index (χ0) is 25.1. The number of carbonyl (C=O) groups excluding carboxylic acids is 1. The fourth-order valence-corrected chi connectivity index (χ4v) is 5.55. The first-order valence-corrected chi connectivity index (χ1v) is 12.8. The Bertz CT molecular complexity index is 1490. The summed E-state index contributed by atoms with van der Waals surface area (Å²) in [7, 11) is 0. The van der Waals surface area contributed by atoms with E-state index in [0.29, 0.717) is 17.8 Å². The second-order valence-corrected chi connectivity index (χ2v) is 9.80. The molecule has 0 radical (unpaired) electrons. The summed E-state index contributed by atoms with van der Waals surface area (Å²) in [6, 6.07) is 12.5. The number of amides is 1. The Morgan fingerprint density at radius 2 is 2.00 bits per heavy atom. The molecule has 2 heterocycles. The lowest BCUT2D eigenvalue weighted by Gasteiger charge is -2.18. The Kier molecular flexibility index (Phi) is 6.88. The summed E-state index contributed by atoms with van der Waals surface area (Å²) in [6.45, 7) is 5.69. The molecule has 0 saturated carbocycles. The van der Waals surface area contributed by atoms with Gasteiger partial charge in [0, 0.05) is 39.5 Å². The van der Waals surface area contributed by atoms with Gasteiger partial charge in [-0.05, 0) is 74.2 Å². The van der Waals surface area contributed by atoms with Crippen molar-refractivity contribution < 1.29 is 4.79 Å². The van der Waals surface area contributed by atoms with Crippen LogP contribution in [-0.4, -0.2) is 23.9 Å². The van der Waals surface area contributed by atoms with Gasteiger partial charge in [-0.25, -0.2) is 9.98 Å². The van der Waals surface area contributed by atoms with Crippen LogP contribution < -0.4 is 16.4 Å². The van der Waals surface area contributed by atoms with E-state index in [1.165, 1.54) is 41.6 Å². The summed E-state index contributed by atoms with van der Waals surface area (Å²) in [6.07, 6.45) is 7.85. The Labute approximate surface area is 214 Å². The van der Waals surface area contributed by atoms with Crippen LogP contribution in [-0.2, 0) is 19.4 Å². The number of rotatable bonds is 7. The predicted octanol–water partition coefficient (Wildman–Crippen LogP) is 6.30. The van der Waals surface area contributed by atoms with Crippen molar-refractivity contribution in [1.82, 2.24) is 4.98 Å². The van der Waals surface area contributed by atoms with Crippen molar-refractivity contribution in [3.63, 3.8) is 0 Å². The molecule has 0 bridgehead atoms. The molecule has 36 heavy (non-hydrogen) atoms. The molecule has 1 amide bonds. The smallest absolute Gasteiger partial charge is 0.258 e. The van der Waals surface area contributed by atoms with Gasteiger partial charge < -0.3 is 16.4 Å². The highest BCUT2D eigenvalue weighted by atomic mass is 32.1. The third-order valence-electron chi connectivity index (χ3n) is 6.54. The van der Waals surface area contributed by atoms with Gasteiger partial charge in [-0.2, -0.15) is 0 Å². The molecule has 0 unspecified atom stereocenters. The first-order chi connectivity index (χ1) is 17.6. The van der Waals surface area contributed by atoms with Crippen molar-refractivity contribution in [1.29, 1.82) is 0 Å². The van der Waals surface area contributed by atoms with E-state index in [1.54, 1.807) is 11.6 Å². The van der Waals surface area contributed by atoms with E-state index in [-0.39, 0.29) is 5.91 Å². The van der Waals surface area contributed by atoms with Crippen LogP contribution >= 0.6 is 11.3 Å². The zero-order valence-corrected chi connectivity index (χ0v) is 21.0. The van der Waals surface area contributed by atoms with Crippen LogP contribution in [0.1, 0.15) is 44.8 Å². The maximum absolute atomic E-state index is 13.3. The van der Waals surface area contributed by atoms with Gasteiger partial charge in [0.2, 0.25) is 0 Å². The first-order valence-electron chi connectivity index (χ1n) is 12.0. The molecule has 0 fully saturated rings. The van der Waals surface area contributed by atoms with E-state index < -0.39 is 0 Å². The molecular formula is C28H28N6OS. The maximum atomic E-state index is 13.3. The quantitative estimate of drug-likeness (QED) is 0.206. The fourth-order valence-electron chi connectivity index (χ4n) is 4.70. The summed E-state index contributed by atoms with van der Waals surface area (Å²) in [4.78, 5) is 26.7. The van der Waals surface area contributed by atoms with Crippen LogP contribution in [0.15, 0.2) is 58.0 Å². The molecular weight excluding hydrogens is 468 g/mol. The number of hydrogen-bond acceptors (Lipinski definition) is 6. The summed E-state index contributed by atoms with van der Waals surface area (Å²) in [5.74, 6) is 0.501. The van der Waals surface area contributed by atoms with Gasteiger partial charge in [-0.15, -0.1) is 11.3 Å². The summed E-state index contributed by atoms with van der Waals surface area (Å²) < 4.78 is 0. The van der Waals surface area contributed by atoms with Gasteiger partial charge >= 0.3 is 0 Å². The number of benzene rings is 2. The monoisotopic (exact) mass is 496 g/mol. The van der Waals surface area contributed by atoms with E-state index in [2.05, 4.69) is 50.5 Å². The average molecular weight is 497 g/mol. The molecule has 4 N–H and O–H groups in total. The molecule has 4 aromatic rings. The van der Waals surface area contributed by atoms with E-state index in [1.807, 2.05) is 25.1 Å². The number of aliphatic imine (C=N–C) groups is 2. The highest BCUT2D eigenvalue weighted by Gasteiger charge is 2.19. The minimum absolute atomic E-state index is 0.251. The van der Waals surface area contributed by atoms with Crippen molar-refractivity contribution >= 4 is 64.0 Å². The second-order valence-electron chi connectivity index (χ2n) is 8.83. The lowest BCUT2D eigenvalue weighted by Crippen LogP contribution is -2.13. The van der Waals surface area contributed by atoms with E-state index >= 15 is 0 Å². The number of nitrogens with zero attached hydrogens (tertiary/aromatic N) is 3. The zero-order valence-electron chi connectivity index (χ0n) is 20.2. The molecule has 0 saturated heterocycles.